The van der Waals surface area contributed by atoms with E-state index in [9.17, 15) is 4.79 Å². The van der Waals surface area contributed by atoms with Crippen molar-refractivity contribution in [3.8, 4) is 0 Å². The monoisotopic (exact) mass is 340 g/mol. The molecule has 0 spiro atoms. The van der Waals surface area contributed by atoms with Crippen LogP contribution in [0.3, 0.4) is 0 Å². The summed E-state index contributed by atoms with van der Waals surface area (Å²) < 4.78 is 0. The molecular weight excluding hydrogens is 308 g/mol. The zero-order chi connectivity index (χ0) is 15.6. The van der Waals surface area contributed by atoms with Crippen LogP contribution in [0.1, 0.15) is 65.7 Å². The van der Waals surface area contributed by atoms with Crippen LogP contribution in [-0.4, -0.2) is 25.0 Å². The van der Waals surface area contributed by atoms with Crippen molar-refractivity contribution >= 4 is 18.3 Å². The largest absolute Gasteiger partial charge is 0.353 e. The van der Waals surface area contributed by atoms with Gasteiger partial charge in [-0.3, -0.25) is 4.79 Å². The Labute approximate surface area is 147 Å². The molecule has 23 heavy (non-hydrogen) atoms. The van der Waals surface area contributed by atoms with E-state index in [4.69, 9.17) is 0 Å². The second-order valence-corrected chi connectivity index (χ2v) is 9.96. The maximum Gasteiger partial charge on any atom is 0.226 e. The first-order chi connectivity index (χ1) is 10.3. The molecule has 3 nitrogen and oxygen atoms in total. The summed E-state index contributed by atoms with van der Waals surface area (Å²) >= 11 is 0. The second kappa shape index (κ2) is 5.62. The van der Waals surface area contributed by atoms with E-state index in [-0.39, 0.29) is 17.8 Å². The highest BCUT2D eigenvalue weighted by molar-refractivity contribution is 5.85. The molecule has 4 saturated carbocycles. The molecule has 1 aliphatic heterocycles. The maximum atomic E-state index is 13.3. The third-order valence-corrected chi connectivity index (χ3v) is 7.21. The first-order valence-electron chi connectivity index (χ1n) is 9.33. The highest BCUT2D eigenvalue weighted by Crippen LogP contribution is 2.69. The Morgan fingerprint density at radius 2 is 1.74 bits per heavy atom. The van der Waals surface area contributed by atoms with Crippen LogP contribution in [0.15, 0.2) is 0 Å². The number of piperidine rings is 1. The normalized spacial score (nSPS) is 51.2. The summed E-state index contributed by atoms with van der Waals surface area (Å²) in [6, 6.07) is 0.377. The molecule has 4 unspecified atom stereocenters. The summed E-state index contributed by atoms with van der Waals surface area (Å²) in [5.74, 6) is 1.74. The highest BCUT2D eigenvalue weighted by Gasteiger charge is 2.62. The number of hydrogen-bond donors (Lipinski definition) is 2. The Kier molecular flexibility index (Phi) is 4.29. The lowest BCUT2D eigenvalue weighted by atomic mass is 9.40. The summed E-state index contributed by atoms with van der Waals surface area (Å²) in [4.78, 5) is 13.3. The van der Waals surface area contributed by atoms with Crippen molar-refractivity contribution in [2.24, 2.45) is 28.1 Å². The zero-order valence-electron chi connectivity index (χ0n) is 14.9. The molecule has 132 valence electrons. The summed E-state index contributed by atoms with van der Waals surface area (Å²) in [5, 5.41) is 6.92. The average Bonchev–Trinajstić information content (AvgIpc) is 2.37. The van der Waals surface area contributed by atoms with Crippen molar-refractivity contribution in [1.29, 1.82) is 0 Å². The lowest BCUT2D eigenvalue weighted by molar-refractivity contribution is -0.171. The summed E-state index contributed by atoms with van der Waals surface area (Å²) in [6.07, 6.45) is 8.58. The fourth-order valence-corrected chi connectivity index (χ4v) is 7.25. The van der Waals surface area contributed by atoms with Gasteiger partial charge < -0.3 is 10.6 Å². The molecule has 0 aromatic rings. The molecule has 0 aromatic heterocycles. The predicted octanol–water partition coefficient (Wildman–Crippen LogP) is 3.52. The molecule has 1 amide bonds. The number of hydrogen-bond acceptors (Lipinski definition) is 2. The molecule has 5 aliphatic rings. The number of rotatable bonds is 2. The van der Waals surface area contributed by atoms with Crippen molar-refractivity contribution in [2.45, 2.75) is 71.8 Å². The molecule has 0 aromatic carbocycles. The Morgan fingerprint density at radius 1 is 1.09 bits per heavy atom. The lowest BCUT2D eigenvalue weighted by Crippen LogP contribution is -2.61. The molecule has 1 saturated heterocycles. The van der Waals surface area contributed by atoms with Crippen LogP contribution in [0.4, 0.5) is 0 Å². The van der Waals surface area contributed by atoms with Gasteiger partial charge in [-0.05, 0) is 80.7 Å². The van der Waals surface area contributed by atoms with Crippen LogP contribution in [0, 0.1) is 28.1 Å². The van der Waals surface area contributed by atoms with Gasteiger partial charge in [0.05, 0.1) is 5.41 Å². The van der Waals surface area contributed by atoms with E-state index in [1.165, 1.54) is 19.3 Å². The van der Waals surface area contributed by atoms with Crippen LogP contribution in [0.25, 0.3) is 0 Å². The number of nitrogens with one attached hydrogen (secondary N) is 2. The molecule has 1 heterocycles. The first-order valence-corrected chi connectivity index (χ1v) is 9.33. The topological polar surface area (TPSA) is 41.1 Å². The Hall–Kier alpha value is -0.280. The molecule has 4 bridgehead atoms. The lowest BCUT2D eigenvalue weighted by Gasteiger charge is -2.64. The third-order valence-electron chi connectivity index (χ3n) is 7.21. The van der Waals surface area contributed by atoms with Gasteiger partial charge in [0.2, 0.25) is 5.91 Å². The van der Waals surface area contributed by atoms with E-state index >= 15 is 0 Å². The molecule has 4 heteroatoms. The Balaban J connectivity index is 0.00000156. The number of carbonyl (C=O) groups excluding carboxylic acids is 1. The summed E-state index contributed by atoms with van der Waals surface area (Å²) in [5.41, 5.74) is 0.796. The minimum Gasteiger partial charge on any atom is -0.353 e. The van der Waals surface area contributed by atoms with Gasteiger partial charge in [0.25, 0.3) is 0 Å². The molecule has 5 fully saturated rings. The minimum atomic E-state index is -0.0481. The number of halogens is 1. The van der Waals surface area contributed by atoms with Gasteiger partial charge in [-0.25, -0.2) is 0 Å². The SMILES string of the molecule is CC1CNCCC1NC(=O)C12CC3CC(C)(CC(C)(C3)C1)C2.Cl. The third kappa shape index (κ3) is 2.93. The molecule has 2 N–H and O–H groups in total. The van der Waals surface area contributed by atoms with E-state index in [1.54, 1.807) is 0 Å². The summed E-state index contributed by atoms with van der Waals surface area (Å²) in [6.45, 7) is 9.24. The molecule has 0 radical (unpaired) electrons. The van der Waals surface area contributed by atoms with Gasteiger partial charge in [0.1, 0.15) is 0 Å². The van der Waals surface area contributed by atoms with Crippen LogP contribution in [0.5, 0.6) is 0 Å². The van der Waals surface area contributed by atoms with Crippen molar-refractivity contribution < 1.29 is 4.79 Å². The van der Waals surface area contributed by atoms with Crippen LogP contribution >= 0.6 is 12.4 Å². The average molecular weight is 341 g/mol. The molecule has 5 rings (SSSR count). The van der Waals surface area contributed by atoms with Crippen molar-refractivity contribution in [2.75, 3.05) is 13.1 Å². The zero-order valence-corrected chi connectivity index (χ0v) is 15.7. The Bertz CT molecular complexity index is 476. The predicted molar refractivity (Wildman–Crippen MR) is 95.7 cm³/mol. The van der Waals surface area contributed by atoms with E-state index in [0.29, 0.717) is 28.7 Å². The van der Waals surface area contributed by atoms with Crippen LogP contribution < -0.4 is 10.6 Å². The van der Waals surface area contributed by atoms with E-state index < -0.39 is 0 Å². The smallest absolute Gasteiger partial charge is 0.226 e. The molecule has 4 atom stereocenters. The van der Waals surface area contributed by atoms with Gasteiger partial charge in [-0.2, -0.15) is 0 Å². The van der Waals surface area contributed by atoms with Gasteiger partial charge in [-0.1, -0.05) is 20.8 Å². The second-order valence-electron chi connectivity index (χ2n) is 9.96. The fraction of sp³-hybridized carbons (Fsp3) is 0.947. The van der Waals surface area contributed by atoms with Gasteiger partial charge >= 0.3 is 0 Å². The standard InChI is InChI=1S/C19H32N2O.ClH/c1-13-9-20-5-4-15(13)21-16(22)19-8-14-6-17(2,11-19)10-18(3,7-14)12-19;/h13-15,20H,4-12H2,1-3H3,(H,21,22);1H. The van der Waals surface area contributed by atoms with Crippen LogP contribution in [0.2, 0.25) is 0 Å². The minimum absolute atomic E-state index is 0. The van der Waals surface area contributed by atoms with E-state index in [0.717, 1.165) is 44.7 Å². The van der Waals surface area contributed by atoms with Gasteiger partial charge in [-0.15, -0.1) is 12.4 Å². The Morgan fingerprint density at radius 3 is 2.30 bits per heavy atom. The maximum absolute atomic E-state index is 13.3. The number of carbonyl (C=O) groups is 1. The number of amides is 1. The van der Waals surface area contributed by atoms with Crippen molar-refractivity contribution in [3.05, 3.63) is 0 Å². The van der Waals surface area contributed by atoms with E-state index in [2.05, 4.69) is 31.4 Å². The summed E-state index contributed by atoms with van der Waals surface area (Å²) in [7, 11) is 0. The first kappa shape index (κ1) is 17.5. The van der Waals surface area contributed by atoms with Gasteiger partial charge in [0.15, 0.2) is 0 Å². The van der Waals surface area contributed by atoms with Crippen molar-refractivity contribution in [1.82, 2.24) is 10.6 Å². The molecule has 4 aliphatic carbocycles. The van der Waals surface area contributed by atoms with Crippen molar-refractivity contribution in [3.63, 3.8) is 0 Å². The quantitative estimate of drug-likeness (QED) is 0.807. The molecular formula is C19H33ClN2O. The van der Waals surface area contributed by atoms with Crippen LogP contribution in [-0.2, 0) is 4.79 Å². The van der Waals surface area contributed by atoms with E-state index in [1.807, 2.05) is 0 Å². The fourth-order valence-electron chi connectivity index (χ4n) is 7.25. The van der Waals surface area contributed by atoms with Gasteiger partial charge in [0, 0.05) is 6.04 Å². The highest BCUT2D eigenvalue weighted by atomic mass is 35.5.